The number of rotatable bonds is 6. The van der Waals surface area contributed by atoms with E-state index in [-0.39, 0.29) is 24.8 Å². The zero-order valence-corrected chi connectivity index (χ0v) is 14.3. The average molecular weight is 369 g/mol. The Morgan fingerprint density at radius 2 is 1.67 bits per heavy atom. The molecule has 7 heteroatoms. The number of hydrogen-bond donors (Lipinski definition) is 2. The molecule has 0 aliphatic rings. The van der Waals surface area contributed by atoms with Crippen molar-refractivity contribution in [2.75, 3.05) is 0 Å². The summed E-state index contributed by atoms with van der Waals surface area (Å²) in [6.07, 6.45) is 1.54. The van der Waals surface area contributed by atoms with E-state index in [1.807, 2.05) is 0 Å². The van der Waals surface area contributed by atoms with Gasteiger partial charge in [-0.15, -0.1) is 0 Å². The summed E-state index contributed by atoms with van der Waals surface area (Å²) in [5, 5.41) is 5.25. The number of ether oxygens (including phenoxy) is 1. The highest BCUT2D eigenvalue weighted by Gasteiger charge is 2.09. The van der Waals surface area contributed by atoms with Crippen LogP contribution >= 0.6 is 0 Å². The molecule has 138 valence electrons. The monoisotopic (exact) mass is 369 g/mol. The van der Waals surface area contributed by atoms with Crippen molar-refractivity contribution in [3.63, 3.8) is 0 Å². The van der Waals surface area contributed by atoms with E-state index in [2.05, 4.69) is 15.6 Å². The highest BCUT2D eigenvalue weighted by atomic mass is 19.1. The molecule has 0 radical (unpaired) electrons. The van der Waals surface area contributed by atoms with Crippen molar-refractivity contribution in [2.45, 2.75) is 13.1 Å². The van der Waals surface area contributed by atoms with Crippen LogP contribution in [-0.2, 0) is 13.1 Å². The average Bonchev–Trinajstić information content (AvgIpc) is 2.67. The van der Waals surface area contributed by atoms with Gasteiger partial charge >= 0.3 is 6.03 Å². The van der Waals surface area contributed by atoms with Gasteiger partial charge in [0.2, 0.25) is 5.88 Å². The number of nitrogens with one attached hydrogen (secondary N) is 2. The second-order valence-electron chi connectivity index (χ2n) is 5.65. The molecular formula is C20H17F2N3O2. The number of halogens is 2. The first kappa shape index (κ1) is 18.3. The van der Waals surface area contributed by atoms with Crippen LogP contribution in [0.5, 0.6) is 11.6 Å². The fraction of sp³-hybridized carbons (Fsp3) is 0.100. The van der Waals surface area contributed by atoms with E-state index in [1.54, 1.807) is 36.4 Å². The van der Waals surface area contributed by atoms with E-state index in [9.17, 15) is 13.6 Å². The summed E-state index contributed by atoms with van der Waals surface area (Å²) < 4.78 is 32.4. The van der Waals surface area contributed by atoms with Crippen LogP contribution in [0, 0.1) is 11.6 Å². The highest BCUT2D eigenvalue weighted by molar-refractivity contribution is 5.73. The summed E-state index contributed by atoms with van der Waals surface area (Å²) in [5.41, 5.74) is 1.01. The topological polar surface area (TPSA) is 63.2 Å². The van der Waals surface area contributed by atoms with E-state index in [4.69, 9.17) is 4.74 Å². The van der Waals surface area contributed by atoms with Gasteiger partial charge < -0.3 is 15.4 Å². The van der Waals surface area contributed by atoms with Crippen molar-refractivity contribution < 1.29 is 18.3 Å². The first-order chi connectivity index (χ1) is 13.1. The quantitative estimate of drug-likeness (QED) is 0.686. The lowest BCUT2D eigenvalue weighted by Crippen LogP contribution is -2.34. The predicted octanol–water partition coefficient (Wildman–Crippen LogP) is 4.15. The Bertz CT molecular complexity index is 934. The van der Waals surface area contributed by atoms with Crippen LogP contribution in [-0.4, -0.2) is 11.0 Å². The number of urea groups is 1. The summed E-state index contributed by atoms with van der Waals surface area (Å²) >= 11 is 0. The molecule has 2 amide bonds. The number of carbonyl (C=O) groups is 1. The number of pyridine rings is 1. The molecule has 2 N–H and O–H groups in total. The number of hydrogen-bond acceptors (Lipinski definition) is 3. The van der Waals surface area contributed by atoms with Gasteiger partial charge in [-0.1, -0.05) is 30.3 Å². The van der Waals surface area contributed by atoms with E-state index < -0.39 is 11.8 Å². The summed E-state index contributed by atoms with van der Waals surface area (Å²) in [5.74, 6) is -0.233. The molecule has 0 unspecified atom stereocenters. The third kappa shape index (κ3) is 5.24. The minimum atomic E-state index is -0.459. The molecule has 3 aromatic rings. The maximum atomic E-state index is 13.6. The predicted molar refractivity (Wildman–Crippen MR) is 96.2 cm³/mol. The Kier molecular flexibility index (Phi) is 5.94. The Morgan fingerprint density at radius 3 is 2.44 bits per heavy atom. The molecule has 1 aromatic heterocycles. The highest BCUT2D eigenvalue weighted by Crippen LogP contribution is 2.23. The van der Waals surface area contributed by atoms with Crippen molar-refractivity contribution in [1.82, 2.24) is 15.6 Å². The normalized spacial score (nSPS) is 10.3. The van der Waals surface area contributed by atoms with Crippen LogP contribution in [0.15, 0.2) is 66.9 Å². The molecular weight excluding hydrogens is 352 g/mol. The van der Waals surface area contributed by atoms with Gasteiger partial charge in [0.25, 0.3) is 0 Å². The second-order valence-corrected chi connectivity index (χ2v) is 5.65. The molecule has 27 heavy (non-hydrogen) atoms. The zero-order chi connectivity index (χ0) is 19.1. The van der Waals surface area contributed by atoms with Crippen LogP contribution < -0.4 is 15.4 Å². The van der Waals surface area contributed by atoms with Crippen LogP contribution in [0.2, 0.25) is 0 Å². The summed E-state index contributed by atoms with van der Waals surface area (Å²) in [6.45, 7) is 0.208. The second kappa shape index (κ2) is 8.75. The molecule has 2 aromatic carbocycles. The van der Waals surface area contributed by atoms with Crippen molar-refractivity contribution in [3.05, 3.63) is 89.6 Å². The maximum Gasteiger partial charge on any atom is 0.315 e. The maximum absolute atomic E-state index is 13.6. The molecule has 3 rings (SSSR count). The SMILES string of the molecule is O=C(NCc1ccccc1F)NCc1cccnc1Oc1cccc(F)c1. The number of amides is 2. The lowest BCUT2D eigenvalue weighted by Gasteiger charge is -2.12. The molecule has 0 saturated heterocycles. The van der Waals surface area contributed by atoms with E-state index in [0.29, 0.717) is 16.9 Å². The van der Waals surface area contributed by atoms with E-state index in [1.165, 1.54) is 30.5 Å². The molecule has 5 nitrogen and oxygen atoms in total. The molecule has 1 heterocycles. The van der Waals surface area contributed by atoms with Gasteiger partial charge in [-0.2, -0.15) is 0 Å². The first-order valence-corrected chi connectivity index (χ1v) is 8.24. The molecule has 0 aliphatic carbocycles. The third-order valence-corrected chi connectivity index (χ3v) is 3.70. The van der Waals surface area contributed by atoms with Crippen molar-refractivity contribution in [3.8, 4) is 11.6 Å². The van der Waals surface area contributed by atoms with Gasteiger partial charge in [-0.05, 0) is 24.3 Å². The Hall–Kier alpha value is -3.48. The van der Waals surface area contributed by atoms with Crippen LogP contribution in [0.1, 0.15) is 11.1 Å². The zero-order valence-electron chi connectivity index (χ0n) is 14.3. The molecule has 0 saturated carbocycles. The van der Waals surface area contributed by atoms with E-state index >= 15 is 0 Å². The Labute approximate surface area is 155 Å². The van der Waals surface area contributed by atoms with Crippen LogP contribution in [0.4, 0.5) is 13.6 Å². The molecule has 0 spiro atoms. The number of nitrogens with zero attached hydrogens (tertiary/aromatic N) is 1. The molecule has 0 fully saturated rings. The Morgan fingerprint density at radius 1 is 0.926 bits per heavy atom. The minimum absolute atomic E-state index is 0.0677. The minimum Gasteiger partial charge on any atom is -0.439 e. The number of carbonyl (C=O) groups excluding carboxylic acids is 1. The van der Waals surface area contributed by atoms with Crippen LogP contribution in [0.25, 0.3) is 0 Å². The fourth-order valence-electron chi connectivity index (χ4n) is 2.35. The van der Waals surface area contributed by atoms with Crippen molar-refractivity contribution in [2.24, 2.45) is 0 Å². The largest absolute Gasteiger partial charge is 0.439 e. The number of benzene rings is 2. The van der Waals surface area contributed by atoms with Gasteiger partial charge in [0.05, 0.1) is 0 Å². The third-order valence-electron chi connectivity index (χ3n) is 3.70. The lowest BCUT2D eigenvalue weighted by molar-refractivity contribution is 0.240. The van der Waals surface area contributed by atoms with Gasteiger partial charge in [-0.3, -0.25) is 0 Å². The molecule has 0 aliphatic heterocycles. The van der Waals surface area contributed by atoms with Crippen molar-refractivity contribution >= 4 is 6.03 Å². The summed E-state index contributed by atoms with van der Waals surface area (Å²) in [6, 6.07) is 14.9. The molecule has 0 atom stereocenters. The smallest absolute Gasteiger partial charge is 0.315 e. The first-order valence-electron chi connectivity index (χ1n) is 8.24. The molecule has 0 bridgehead atoms. The van der Waals surface area contributed by atoms with E-state index in [0.717, 1.165) is 0 Å². The Balaban J connectivity index is 1.58. The van der Waals surface area contributed by atoms with Crippen molar-refractivity contribution in [1.29, 1.82) is 0 Å². The number of aromatic nitrogens is 1. The summed E-state index contributed by atoms with van der Waals surface area (Å²) in [4.78, 5) is 16.1. The fourth-order valence-corrected chi connectivity index (χ4v) is 2.35. The van der Waals surface area contributed by atoms with Gasteiger partial charge in [0, 0.05) is 36.5 Å². The standard InChI is InChI=1S/C20H17F2N3O2/c21-16-7-3-8-17(11-16)27-19-15(6-4-10-23-19)13-25-20(26)24-12-14-5-1-2-9-18(14)22/h1-11H,12-13H2,(H2,24,25,26). The van der Waals surface area contributed by atoms with Gasteiger partial charge in [0.1, 0.15) is 17.4 Å². The van der Waals surface area contributed by atoms with Gasteiger partial charge in [0.15, 0.2) is 0 Å². The summed E-state index contributed by atoms with van der Waals surface area (Å²) in [7, 11) is 0. The van der Waals surface area contributed by atoms with Gasteiger partial charge in [-0.25, -0.2) is 18.6 Å². The van der Waals surface area contributed by atoms with Crippen LogP contribution in [0.3, 0.4) is 0 Å². The lowest BCUT2D eigenvalue weighted by atomic mass is 10.2.